The highest BCUT2D eigenvalue weighted by Gasteiger charge is 2.15. The number of aliphatic imine (C=N–C) groups is 1. The first kappa shape index (κ1) is 17.0. The monoisotopic (exact) mass is 326 g/mol. The molecule has 0 aromatic heterocycles. The molecule has 24 heavy (non-hydrogen) atoms. The molecule has 0 atom stereocenters. The Morgan fingerprint density at radius 1 is 1.21 bits per heavy atom. The first-order valence-corrected chi connectivity index (χ1v) is 9.34. The maximum absolute atomic E-state index is 4.75. The summed E-state index contributed by atoms with van der Waals surface area (Å²) in [5.74, 6) is 0.968. The molecule has 0 spiro atoms. The van der Waals surface area contributed by atoms with Gasteiger partial charge in [-0.3, -0.25) is 9.89 Å². The Labute approximate surface area is 146 Å². The quantitative estimate of drug-likeness (QED) is 0.365. The Kier molecular flexibility index (Phi) is 6.30. The lowest BCUT2D eigenvalue weighted by atomic mass is 10.00. The second-order valence-electron chi connectivity index (χ2n) is 6.69. The van der Waals surface area contributed by atoms with E-state index in [9.17, 15) is 0 Å². The zero-order valence-corrected chi connectivity index (χ0v) is 14.8. The molecule has 1 heterocycles. The zero-order chi connectivity index (χ0) is 16.6. The van der Waals surface area contributed by atoms with Crippen molar-refractivity contribution in [2.45, 2.75) is 45.2 Å². The van der Waals surface area contributed by atoms with Gasteiger partial charge in [0.1, 0.15) is 0 Å². The molecule has 130 valence electrons. The topological polar surface area (TPSA) is 39.7 Å². The standard InChI is InChI=1S/C20H30N4/c1-2-21-20(23-19-10-5-6-11-19)22-13-7-14-24-15-12-17-8-3-4-9-18(17)16-24/h3-6,8-9,19H,2,7,10-16H2,1H3,(H2,21,22,23). The highest BCUT2D eigenvalue weighted by Crippen LogP contribution is 2.18. The van der Waals surface area contributed by atoms with Gasteiger partial charge in [-0.15, -0.1) is 0 Å². The largest absolute Gasteiger partial charge is 0.357 e. The van der Waals surface area contributed by atoms with Crippen molar-refractivity contribution in [3.05, 3.63) is 47.5 Å². The number of nitrogens with zero attached hydrogens (tertiary/aromatic N) is 2. The van der Waals surface area contributed by atoms with Gasteiger partial charge in [-0.05, 0) is 43.7 Å². The number of rotatable bonds is 6. The van der Waals surface area contributed by atoms with Crippen LogP contribution in [0.1, 0.15) is 37.3 Å². The molecule has 1 aliphatic heterocycles. The van der Waals surface area contributed by atoms with Gasteiger partial charge in [-0.2, -0.15) is 0 Å². The number of guanidine groups is 1. The predicted octanol–water partition coefficient (Wildman–Crippen LogP) is 2.71. The minimum absolute atomic E-state index is 0.515. The molecule has 0 unspecified atom stereocenters. The van der Waals surface area contributed by atoms with Crippen LogP contribution >= 0.6 is 0 Å². The lowest BCUT2D eigenvalue weighted by Crippen LogP contribution is -2.42. The fraction of sp³-hybridized carbons (Fsp3) is 0.550. The van der Waals surface area contributed by atoms with Crippen LogP contribution in [0.15, 0.2) is 41.4 Å². The molecule has 1 aliphatic carbocycles. The Hall–Kier alpha value is -1.81. The summed E-state index contributed by atoms with van der Waals surface area (Å²) in [5.41, 5.74) is 3.02. The summed E-state index contributed by atoms with van der Waals surface area (Å²) in [5, 5.41) is 6.89. The van der Waals surface area contributed by atoms with E-state index in [2.05, 4.69) is 58.9 Å². The molecular weight excluding hydrogens is 296 g/mol. The first-order chi connectivity index (χ1) is 11.8. The summed E-state index contributed by atoms with van der Waals surface area (Å²) < 4.78 is 0. The van der Waals surface area contributed by atoms with E-state index in [1.165, 1.54) is 24.1 Å². The maximum Gasteiger partial charge on any atom is 0.191 e. The zero-order valence-electron chi connectivity index (χ0n) is 14.8. The van der Waals surface area contributed by atoms with E-state index in [0.717, 1.165) is 51.4 Å². The van der Waals surface area contributed by atoms with Crippen LogP contribution in [0.4, 0.5) is 0 Å². The van der Waals surface area contributed by atoms with E-state index >= 15 is 0 Å². The lowest BCUT2D eigenvalue weighted by molar-refractivity contribution is 0.252. The van der Waals surface area contributed by atoms with Gasteiger partial charge in [0.05, 0.1) is 0 Å². The summed E-state index contributed by atoms with van der Waals surface area (Å²) in [7, 11) is 0. The minimum Gasteiger partial charge on any atom is -0.357 e. The second kappa shape index (κ2) is 8.88. The average molecular weight is 326 g/mol. The molecule has 2 aliphatic rings. The summed E-state index contributed by atoms with van der Waals surface area (Å²) >= 11 is 0. The Balaban J connectivity index is 1.41. The van der Waals surface area contributed by atoms with Crippen molar-refractivity contribution in [3.8, 4) is 0 Å². The molecule has 4 nitrogen and oxygen atoms in total. The summed E-state index contributed by atoms with van der Waals surface area (Å²) in [6, 6.07) is 9.35. The summed E-state index contributed by atoms with van der Waals surface area (Å²) in [4.78, 5) is 7.30. The third-order valence-corrected chi connectivity index (χ3v) is 4.81. The average Bonchev–Trinajstić information content (AvgIpc) is 3.12. The number of benzene rings is 1. The van der Waals surface area contributed by atoms with E-state index in [0.29, 0.717) is 6.04 Å². The third-order valence-electron chi connectivity index (χ3n) is 4.81. The normalized spacial score (nSPS) is 18.6. The van der Waals surface area contributed by atoms with Gasteiger partial charge < -0.3 is 10.6 Å². The molecule has 1 aromatic rings. The summed E-state index contributed by atoms with van der Waals surface area (Å²) in [6.07, 6.45) is 9.00. The van der Waals surface area contributed by atoms with E-state index in [1.54, 1.807) is 0 Å². The van der Waals surface area contributed by atoms with Gasteiger partial charge in [-0.1, -0.05) is 36.4 Å². The van der Waals surface area contributed by atoms with Gasteiger partial charge in [-0.25, -0.2) is 0 Å². The molecule has 4 heteroatoms. The Morgan fingerprint density at radius 2 is 2.00 bits per heavy atom. The van der Waals surface area contributed by atoms with Crippen molar-refractivity contribution in [1.29, 1.82) is 0 Å². The van der Waals surface area contributed by atoms with Crippen molar-refractivity contribution in [2.75, 3.05) is 26.2 Å². The van der Waals surface area contributed by atoms with Crippen LogP contribution in [0, 0.1) is 0 Å². The third kappa shape index (κ3) is 4.84. The van der Waals surface area contributed by atoms with Crippen molar-refractivity contribution in [1.82, 2.24) is 15.5 Å². The first-order valence-electron chi connectivity index (χ1n) is 9.34. The van der Waals surface area contributed by atoms with E-state index < -0.39 is 0 Å². The number of hydrogen-bond donors (Lipinski definition) is 2. The van der Waals surface area contributed by atoms with E-state index in [1.807, 2.05) is 0 Å². The Morgan fingerprint density at radius 3 is 2.79 bits per heavy atom. The molecule has 3 rings (SSSR count). The number of nitrogens with one attached hydrogen (secondary N) is 2. The van der Waals surface area contributed by atoms with Crippen molar-refractivity contribution < 1.29 is 0 Å². The second-order valence-corrected chi connectivity index (χ2v) is 6.69. The maximum atomic E-state index is 4.75. The van der Waals surface area contributed by atoms with Gasteiger partial charge in [0.15, 0.2) is 5.96 Å². The van der Waals surface area contributed by atoms with Crippen LogP contribution in [0.25, 0.3) is 0 Å². The van der Waals surface area contributed by atoms with Crippen LogP contribution in [0.3, 0.4) is 0 Å². The molecular formula is C20H30N4. The molecule has 2 N–H and O–H groups in total. The SMILES string of the molecule is CCNC(=NCCCN1CCc2ccccc2C1)NC1CC=CC1. The van der Waals surface area contributed by atoms with Crippen LogP contribution in [0.5, 0.6) is 0 Å². The van der Waals surface area contributed by atoms with Crippen molar-refractivity contribution >= 4 is 5.96 Å². The predicted molar refractivity (Wildman–Crippen MR) is 101 cm³/mol. The fourth-order valence-electron chi connectivity index (χ4n) is 3.48. The van der Waals surface area contributed by atoms with Crippen LogP contribution in [-0.4, -0.2) is 43.1 Å². The number of hydrogen-bond acceptors (Lipinski definition) is 2. The molecule has 0 bridgehead atoms. The van der Waals surface area contributed by atoms with Gasteiger partial charge in [0, 0.05) is 38.8 Å². The molecule has 0 fully saturated rings. The summed E-state index contributed by atoms with van der Waals surface area (Å²) in [6.45, 7) is 7.30. The van der Waals surface area contributed by atoms with Crippen LogP contribution in [-0.2, 0) is 13.0 Å². The Bertz CT molecular complexity index is 571. The molecule has 1 aromatic carbocycles. The van der Waals surface area contributed by atoms with Crippen molar-refractivity contribution in [2.24, 2.45) is 4.99 Å². The highest BCUT2D eigenvalue weighted by atomic mass is 15.2. The molecule has 0 saturated heterocycles. The van der Waals surface area contributed by atoms with Gasteiger partial charge in [0.2, 0.25) is 0 Å². The van der Waals surface area contributed by atoms with Gasteiger partial charge >= 0.3 is 0 Å². The molecule has 0 saturated carbocycles. The minimum atomic E-state index is 0.515. The van der Waals surface area contributed by atoms with E-state index in [4.69, 9.17) is 4.99 Å². The molecule has 0 radical (unpaired) electrons. The molecule has 0 amide bonds. The van der Waals surface area contributed by atoms with Gasteiger partial charge in [0.25, 0.3) is 0 Å². The number of fused-ring (bicyclic) bond motifs is 1. The van der Waals surface area contributed by atoms with Crippen LogP contribution < -0.4 is 10.6 Å². The fourth-order valence-corrected chi connectivity index (χ4v) is 3.48. The van der Waals surface area contributed by atoms with E-state index in [-0.39, 0.29) is 0 Å². The van der Waals surface area contributed by atoms with Crippen molar-refractivity contribution in [3.63, 3.8) is 0 Å². The highest BCUT2D eigenvalue weighted by molar-refractivity contribution is 5.80. The smallest absolute Gasteiger partial charge is 0.191 e. The lowest BCUT2D eigenvalue weighted by Gasteiger charge is -2.28. The van der Waals surface area contributed by atoms with Crippen LogP contribution in [0.2, 0.25) is 0 Å².